The Labute approximate surface area is 163 Å². The third kappa shape index (κ3) is 4.23. The summed E-state index contributed by atoms with van der Waals surface area (Å²) in [5, 5.41) is 12.1. The van der Waals surface area contributed by atoms with Crippen molar-refractivity contribution >= 4 is 29.4 Å². The SMILES string of the molecule is O=C(CSc1n[nH]c(-c2ccccc2)n1)NC(=O)Nc1ccc2c(c1)OCO2. The quantitative estimate of drug-likeness (QED) is 0.566. The molecular formula is C18H15N5O4S. The fourth-order valence-corrected chi connectivity index (χ4v) is 3.06. The molecule has 0 atom stereocenters. The van der Waals surface area contributed by atoms with Gasteiger partial charge >= 0.3 is 6.03 Å². The van der Waals surface area contributed by atoms with Gasteiger partial charge in [-0.3, -0.25) is 15.2 Å². The number of fused-ring (bicyclic) bond motifs is 1. The van der Waals surface area contributed by atoms with Crippen LogP contribution in [0, 0.1) is 0 Å². The first-order chi connectivity index (χ1) is 13.7. The van der Waals surface area contributed by atoms with Gasteiger partial charge in [0.2, 0.25) is 17.9 Å². The molecule has 3 aromatic rings. The summed E-state index contributed by atoms with van der Waals surface area (Å²) in [6.45, 7) is 0.147. The first-order valence-electron chi connectivity index (χ1n) is 8.28. The van der Waals surface area contributed by atoms with Crippen LogP contribution in [0.25, 0.3) is 11.4 Å². The van der Waals surface area contributed by atoms with Crippen LogP contribution in [0.15, 0.2) is 53.7 Å². The van der Waals surface area contributed by atoms with Gasteiger partial charge in [-0.25, -0.2) is 9.78 Å². The Balaban J connectivity index is 1.26. The highest BCUT2D eigenvalue weighted by molar-refractivity contribution is 7.99. The predicted molar refractivity (Wildman–Crippen MR) is 102 cm³/mol. The van der Waals surface area contributed by atoms with Crippen molar-refractivity contribution in [2.45, 2.75) is 5.16 Å². The molecule has 0 saturated carbocycles. The smallest absolute Gasteiger partial charge is 0.325 e. The predicted octanol–water partition coefficient (Wildman–Crippen LogP) is 2.64. The molecule has 3 N–H and O–H groups in total. The summed E-state index contributed by atoms with van der Waals surface area (Å²) in [5.74, 6) is 1.30. The molecule has 0 fully saturated rings. The van der Waals surface area contributed by atoms with Gasteiger partial charge < -0.3 is 14.8 Å². The first kappa shape index (κ1) is 17.9. The molecule has 0 bridgehead atoms. The molecule has 10 heteroatoms. The second-order valence-corrected chi connectivity index (χ2v) is 6.63. The molecule has 0 aliphatic carbocycles. The third-order valence-corrected chi connectivity index (χ3v) is 4.58. The van der Waals surface area contributed by atoms with E-state index in [1.165, 1.54) is 0 Å². The van der Waals surface area contributed by atoms with Gasteiger partial charge in [0.25, 0.3) is 0 Å². The van der Waals surface area contributed by atoms with E-state index in [4.69, 9.17) is 9.47 Å². The van der Waals surface area contributed by atoms with E-state index in [1.54, 1.807) is 18.2 Å². The highest BCUT2D eigenvalue weighted by Gasteiger charge is 2.15. The molecule has 2 aromatic carbocycles. The molecule has 1 aliphatic rings. The standard InChI is InChI=1S/C18H15N5O4S/c24-15(9-28-18-21-16(22-23-18)11-4-2-1-3-5-11)20-17(25)19-12-6-7-13-14(8-12)27-10-26-13/h1-8H,9-10H2,(H,21,22,23)(H2,19,20,24,25). The van der Waals surface area contributed by atoms with E-state index in [9.17, 15) is 9.59 Å². The van der Waals surface area contributed by atoms with Gasteiger partial charge in [-0.05, 0) is 12.1 Å². The number of ether oxygens (including phenoxy) is 2. The maximum Gasteiger partial charge on any atom is 0.325 e. The van der Waals surface area contributed by atoms with Gasteiger partial charge in [0, 0.05) is 17.3 Å². The number of nitrogens with one attached hydrogen (secondary N) is 3. The average Bonchev–Trinajstić information content (AvgIpc) is 3.36. The van der Waals surface area contributed by atoms with E-state index in [2.05, 4.69) is 25.8 Å². The summed E-state index contributed by atoms with van der Waals surface area (Å²) in [6, 6.07) is 13.9. The largest absolute Gasteiger partial charge is 0.454 e. The normalized spacial score (nSPS) is 11.9. The van der Waals surface area contributed by atoms with Gasteiger partial charge in [0.1, 0.15) is 0 Å². The number of rotatable bonds is 5. The van der Waals surface area contributed by atoms with E-state index in [0.717, 1.165) is 17.3 Å². The number of anilines is 1. The zero-order valence-corrected chi connectivity index (χ0v) is 15.3. The Morgan fingerprint density at radius 3 is 2.79 bits per heavy atom. The molecule has 2 heterocycles. The molecule has 9 nitrogen and oxygen atoms in total. The fraction of sp³-hybridized carbons (Fsp3) is 0.111. The maximum atomic E-state index is 12.0. The number of thioether (sulfide) groups is 1. The van der Waals surface area contributed by atoms with Crippen LogP contribution in [0.2, 0.25) is 0 Å². The van der Waals surface area contributed by atoms with E-state index in [1.807, 2.05) is 30.3 Å². The second kappa shape index (κ2) is 8.01. The number of H-pyrrole nitrogens is 1. The van der Waals surface area contributed by atoms with E-state index >= 15 is 0 Å². The molecule has 142 valence electrons. The van der Waals surface area contributed by atoms with E-state index in [0.29, 0.717) is 28.2 Å². The number of urea groups is 1. The highest BCUT2D eigenvalue weighted by atomic mass is 32.2. The number of amides is 3. The zero-order valence-electron chi connectivity index (χ0n) is 14.5. The Kier molecular flexibility index (Phi) is 5.11. The number of benzene rings is 2. The van der Waals surface area contributed by atoms with Crippen molar-refractivity contribution < 1.29 is 19.1 Å². The van der Waals surface area contributed by atoms with Crippen LogP contribution in [0.1, 0.15) is 0 Å². The van der Waals surface area contributed by atoms with Crippen LogP contribution in [-0.4, -0.2) is 39.7 Å². The van der Waals surface area contributed by atoms with Crippen molar-refractivity contribution in [3.05, 3.63) is 48.5 Å². The van der Waals surface area contributed by atoms with Crippen LogP contribution in [-0.2, 0) is 4.79 Å². The Morgan fingerprint density at radius 2 is 1.93 bits per heavy atom. The van der Waals surface area contributed by atoms with Crippen molar-refractivity contribution in [2.24, 2.45) is 0 Å². The number of aromatic amines is 1. The van der Waals surface area contributed by atoms with Crippen molar-refractivity contribution in [1.82, 2.24) is 20.5 Å². The summed E-state index contributed by atoms with van der Waals surface area (Å²) in [6.07, 6.45) is 0. The van der Waals surface area contributed by atoms with Crippen LogP contribution in [0.3, 0.4) is 0 Å². The van der Waals surface area contributed by atoms with Crippen molar-refractivity contribution in [3.8, 4) is 22.9 Å². The molecule has 0 spiro atoms. The average molecular weight is 397 g/mol. The number of imide groups is 1. The Bertz CT molecular complexity index is 1010. The Morgan fingerprint density at radius 1 is 1.11 bits per heavy atom. The minimum absolute atomic E-state index is 0.000637. The minimum atomic E-state index is -0.635. The lowest BCUT2D eigenvalue weighted by atomic mass is 10.2. The molecule has 0 saturated heterocycles. The molecule has 1 aliphatic heterocycles. The maximum absolute atomic E-state index is 12.0. The highest BCUT2D eigenvalue weighted by Crippen LogP contribution is 2.34. The van der Waals surface area contributed by atoms with Crippen molar-refractivity contribution in [1.29, 1.82) is 0 Å². The van der Waals surface area contributed by atoms with Gasteiger partial charge in [-0.2, -0.15) is 0 Å². The van der Waals surface area contributed by atoms with Crippen LogP contribution in [0.4, 0.5) is 10.5 Å². The number of aromatic nitrogens is 3. The summed E-state index contributed by atoms with van der Waals surface area (Å²) in [7, 11) is 0. The van der Waals surface area contributed by atoms with Crippen LogP contribution in [0.5, 0.6) is 11.5 Å². The topological polar surface area (TPSA) is 118 Å². The van der Waals surface area contributed by atoms with Gasteiger partial charge in [0.05, 0.1) is 5.75 Å². The minimum Gasteiger partial charge on any atom is -0.454 e. The lowest BCUT2D eigenvalue weighted by Crippen LogP contribution is -2.35. The number of carbonyl (C=O) groups is 2. The fourth-order valence-electron chi connectivity index (χ4n) is 2.47. The molecular weight excluding hydrogens is 382 g/mol. The van der Waals surface area contributed by atoms with E-state index < -0.39 is 11.9 Å². The van der Waals surface area contributed by atoms with Crippen LogP contribution >= 0.6 is 11.8 Å². The second-order valence-electron chi connectivity index (χ2n) is 5.69. The van der Waals surface area contributed by atoms with Crippen LogP contribution < -0.4 is 20.1 Å². The third-order valence-electron chi connectivity index (χ3n) is 3.73. The lowest BCUT2D eigenvalue weighted by Gasteiger charge is -2.07. The van der Waals surface area contributed by atoms with Crippen molar-refractivity contribution in [3.63, 3.8) is 0 Å². The van der Waals surface area contributed by atoms with Crippen molar-refractivity contribution in [2.75, 3.05) is 17.9 Å². The first-order valence-corrected chi connectivity index (χ1v) is 9.27. The molecule has 3 amide bonds. The number of carbonyl (C=O) groups excluding carboxylic acids is 2. The summed E-state index contributed by atoms with van der Waals surface area (Å²) in [5.41, 5.74) is 1.39. The van der Waals surface area contributed by atoms with Gasteiger partial charge in [0.15, 0.2) is 17.3 Å². The monoisotopic (exact) mass is 397 g/mol. The summed E-state index contributed by atoms with van der Waals surface area (Å²) in [4.78, 5) is 28.3. The lowest BCUT2D eigenvalue weighted by molar-refractivity contribution is -0.117. The van der Waals surface area contributed by atoms with E-state index in [-0.39, 0.29) is 12.5 Å². The zero-order chi connectivity index (χ0) is 19.3. The Hall–Kier alpha value is -3.53. The molecule has 28 heavy (non-hydrogen) atoms. The molecule has 0 radical (unpaired) electrons. The van der Waals surface area contributed by atoms with Gasteiger partial charge in [-0.1, -0.05) is 42.1 Å². The number of nitrogens with zero attached hydrogens (tertiary/aromatic N) is 2. The number of hydrogen-bond acceptors (Lipinski definition) is 7. The molecule has 4 rings (SSSR count). The van der Waals surface area contributed by atoms with Gasteiger partial charge in [-0.15, -0.1) is 5.10 Å². The molecule has 1 aromatic heterocycles. The summed E-state index contributed by atoms with van der Waals surface area (Å²) >= 11 is 1.13. The summed E-state index contributed by atoms with van der Waals surface area (Å²) < 4.78 is 10.4. The number of hydrogen-bond donors (Lipinski definition) is 3. The molecule has 0 unspecified atom stereocenters.